The maximum Gasteiger partial charge on any atom is 0.261 e. The van der Waals surface area contributed by atoms with Gasteiger partial charge in [-0.25, -0.2) is 8.42 Å². The van der Waals surface area contributed by atoms with Gasteiger partial charge in [0.25, 0.3) is 15.9 Å². The Morgan fingerprint density at radius 1 is 0.727 bits per heavy atom. The zero-order valence-electron chi connectivity index (χ0n) is 17.2. The second-order valence-corrected chi connectivity index (χ2v) is 9.10. The molecule has 0 spiro atoms. The Morgan fingerprint density at radius 2 is 1.30 bits per heavy atom. The number of hydrogen-bond acceptors (Lipinski definition) is 4. The lowest BCUT2D eigenvalue weighted by Gasteiger charge is -2.12. The molecule has 0 heterocycles. The van der Waals surface area contributed by atoms with Crippen LogP contribution < -0.4 is 14.8 Å². The van der Waals surface area contributed by atoms with Crippen molar-refractivity contribution >= 4 is 38.9 Å². The third-order valence-electron chi connectivity index (χ3n) is 4.61. The molecule has 8 heteroatoms. The van der Waals surface area contributed by atoms with Gasteiger partial charge in [0.15, 0.2) is 0 Å². The van der Waals surface area contributed by atoms with Crippen LogP contribution in [0, 0.1) is 0 Å². The summed E-state index contributed by atoms with van der Waals surface area (Å²) in [5.74, 6) is 0.850. The molecule has 0 aromatic heterocycles. The van der Waals surface area contributed by atoms with Gasteiger partial charge in [-0.3, -0.25) is 9.52 Å². The summed E-state index contributed by atoms with van der Waals surface area (Å²) >= 11 is 6.20. The summed E-state index contributed by atoms with van der Waals surface area (Å²) in [7, 11) is -3.80. The molecule has 33 heavy (non-hydrogen) atoms. The van der Waals surface area contributed by atoms with Crippen LogP contribution in [-0.2, 0) is 10.0 Å². The van der Waals surface area contributed by atoms with E-state index in [1.807, 2.05) is 30.3 Å². The maximum absolute atomic E-state index is 12.8. The highest BCUT2D eigenvalue weighted by Gasteiger charge is 2.17. The van der Waals surface area contributed by atoms with Crippen LogP contribution in [0.2, 0.25) is 5.02 Å². The number of ether oxygens (including phenoxy) is 1. The van der Waals surface area contributed by atoms with Crippen LogP contribution in [0.25, 0.3) is 0 Å². The summed E-state index contributed by atoms with van der Waals surface area (Å²) < 4.78 is 33.3. The molecule has 0 radical (unpaired) electrons. The van der Waals surface area contributed by atoms with Gasteiger partial charge >= 0.3 is 0 Å². The average Bonchev–Trinajstić information content (AvgIpc) is 2.82. The van der Waals surface area contributed by atoms with Gasteiger partial charge in [0.1, 0.15) is 11.5 Å². The minimum absolute atomic E-state index is 0.115. The Bertz CT molecular complexity index is 1360. The van der Waals surface area contributed by atoms with Crippen LogP contribution in [0.5, 0.6) is 11.5 Å². The summed E-state index contributed by atoms with van der Waals surface area (Å²) in [4.78, 5) is 12.9. The minimum Gasteiger partial charge on any atom is -0.457 e. The highest BCUT2D eigenvalue weighted by atomic mass is 35.5. The average molecular weight is 479 g/mol. The SMILES string of the molecule is O=C(Nc1ccc(Oc2ccccc2)cc1)c1cc(NS(=O)(=O)c2ccccc2)ccc1Cl. The topological polar surface area (TPSA) is 84.5 Å². The number of rotatable bonds is 7. The van der Waals surface area contributed by atoms with Gasteiger partial charge in [-0.15, -0.1) is 0 Å². The summed E-state index contributed by atoms with van der Waals surface area (Å²) in [5.41, 5.74) is 0.890. The third-order valence-corrected chi connectivity index (χ3v) is 6.33. The number of sulfonamides is 1. The first kappa shape index (κ1) is 22.4. The van der Waals surface area contributed by atoms with Crippen LogP contribution >= 0.6 is 11.6 Å². The lowest BCUT2D eigenvalue weighted by atomic mass is 10.2. The van der Waals surface area contributed by atoms with Crippen LogP contribution in [0.15, 0.2) is 108 Å². The molecular formula is C25H19ClN2O4S. The van der Waals surface area contributed by atoms with Crippen molar-refractivity contribution in [1.29, 1.82) is 0 Å². The van der Waals surface area contributed by atoms with Crippen LogP contribution in [-0.4, -0.2) is 14.3 Å². The second-order valence-electron chi connectivity index (χ2n) is 7.01. The van der Waals surface area contributed by atoms with E-state index in [1.54, 1.807) is 42.5 Å². The van der Waals surface area contributed by atoms with E-state index < -0.39 is 15.9 Å². The first-order valence-electron chi connectivity index (χ1n) is 9.92. The van der Waals surface area contributed by atoms with E-state index in [9.17, 15) is 13.2 Å². The fourth-order valence-corrected chi connectivity index (χ4v) is 4.28. The van der Waals surface area contributed by atoms with Crippen molar-refractivity contribution < 1.29 is 17.9 Å². The summed E-state index contributed by atoms with van der Waals surface area (Å²) in [6, 6.07) is 28.5. The summed E-state index contributed by atoms with van der Waals surface area (Å²) in [5, 5.41) is 2.95. The molecular weight excluding hydrogens is 460 g/mol. The van der Waals surface area contributed by atoms with E-state index in [-0.39, 0.29) is 21.2 Å². The van der Waals surface area contributed by atoms with Gasteiger partial charge in [-0.2, -0.15) is 0 Å². The fraction of sp³-hybridized carbons (Fsp3) is 0. The predicted octanol–water partition coefficient (Wildman–Crippen LogP) is 6.19. The zero-order valence-corrected chi connectivity index (χ0v) is 18.8. The lowest BCUT2D eigenvalue weighted by Crippen LogP contribution is -2.15. The Hall–Kier alpha value is -3.81. The molecule has 0 bridgehead atoms. The van der Waals surface area contributed by atoms with Crippen molar-refractivity contribution in [3.8, 4) is 11.5 Å². The van der Waals surface area contributed by atoms with Gasteiger partial charge < -0.3 is 10.1 Å². The molecule has 0 saturated carbocycles. The van der Waals surface area contributed by atoms with E-state index in [4.69, 9.17) is 16.3 Å². The molecule has 0 unspecified atom stereocenters. The van der Waals surface area contributed by atoms with Crippen molar-refractivity contribution in [3.63, 3.8) is 0 Å². The third kappa shape index (κ3) is 5.71. The smallest absolute Gasteiger partial charge is 0.261 e. The number of carbonyl (C=O) groups is 1. The van der Waals surface area contributed by atoms with Crippen molar-refractivity contribution in [2.75, 3.05) is 10.0 Å². The molecule has 0 aliphatic rings. The van der Waals surface area contributed by atoms with Crippen LogP contribution in [0.1, 0.15) is 10.4 Å². The molecule has 0 atom stereocenters. The van der Waals surface area contributed by atoms with E-state index in [0.29, 0.717) is 17.2 Å². The number of nitrogens with one attached hydrogen (secondary N) is 2. The van der Waals surface area contributed by atoms with E-state index in [2.05, 4.69) is 10.0 Å². The van der Waals surface area contributed by atoms with Crippen LogP contribution in [0.3, 0.4) is 0 Å². The first-order valence-corrected chi connectivity index (χ1v) is 11.8. The van der Waals surface area contributed by atoms with E-state index in [0.717, 1.165) is 0 Å². The number of amides is 1. The standard InChI is InChI=1S/C25H19ClN2O4S/c26-24-16-13-19(28-33(30,31)22-9-5-2-6-10-22)17-23(24)25(29)27-18-11-14-21(15-12-18)32-20-7-3-1-4-8-20/h1-17,28H,(H,27,29). The molecule has 2 N–H and O–H groups in total. The number of hydrogen-bond donors (Lipinski definition) is 2. The van der Waals surface area contributed by atoms with Crippen molar-refractivity contribution in [2.24, 2.45) is 0 Å². The Kier molecular flexibility index (Phi) is 6.63. The van der Waals surface area contributed by atoms with Crippen molar-refractivity contribution in [2.45, 2.75) is 4.90 Å². The molecule has 4 aromatic carbocycles. The molecule has 0 aliphatic heterocycles. The molecule has 0 saturated heterocycles. The van der Waals surface area contributed by atoms with Gasteiger partial charge in [-0.1, -0.05) is 48.0 Å². The summed E-state index contributed by atoms with van der Waals surface area (Å²) in [6.45, 7) is 0. The number of para-hydroxylation sites is 1. The fourth-order valence-electron chi connectivity index (χ4n) is 3.01. The Morgan fingerprint density at radius 3 is 1.97 bits per heavy atom. The number of benzene rings is 4. The number of carbonyl (C=O) groups excluding carboxylic acids is 1. The minimum atomic E-state index is -3.80. The Labute approximate surface area is 196 Å². The molecule has 6 nitrogen and oxygen atoms in total. The van der Waals surface area contributed by atoms with Crippen molar-refractivity contribution in [1.82, 2.24) is 0 Å². The van der Waals surface area contributed by atoms with Crippen LogP contribution in [0.4, 0.5) is 11.4 Å². The predicted molar refractivity (Wildman–Crippen MR) is 130 cm³/mol. The normalized spacial score (nSPS) is 10.9. The van der Waals surface area contributed by atoms with E-state index in [1.165, 1.54) is 30.3 Å². The number of halogens is 1. The quantitative estimate of drug-likeness (QED) is 0.332. The molecule has 0 fully saturated rings. The Balaban J connectivity index is 1.47. The second kappa shape index (κ2) is 9.77. The van der Waals surface area contributed by atoms with Gasteiger partial charge in [0, 0.05) is 11.4 Å². The first-order chi connectivity index (χ1) is 15.9. The largest absolute Gasteiger partial charge is 0.457 e. The summed E-state index contributed by atoms with van der Waals surface area (Å²) in [6.07, 6.45) is 0. The maximum atomic E-state index is 12.8. The monoisotopic (exact) mass is 478 g/mol. The lowest BCUT2D eigenvalue weighted by molar-refractivity contribution is 0.102. The zero-order chi connectivity index (χ0) is 23.3. The van der Waals surface area contributed by atoms with E-state index >= 15 is 0 Å². The van der Waals surface area contributed by atoms with Gasteiger partial charge in [-0.05, 0) is 66.7 Å². The van der Waals surface area contributed by atoms with Gasteiger partial charge in [0.2, 0.25) is 0 Å². The van der Waals surface area contributed by atoms with Gasteiger partial charge in [0.05, 0.1) is 15.5 Å². The molecule has 4 aromatic rings. The highest BCUT2D eigenvalue weighted by Crippen LogP contribution is 2.26. The highest BCUT2D eigenvalue weighted by molar-refractivity contribution is 7.92. The number of anilines is 2. The molecule has 4 rings (SSSR count). The van der Waals surface area contributed by atoms with Crippen molar-refractivity contribution in [3.05, 3.63) is 114 Å². The molecule has 166 valence electrons. The molecule has 1 amide bonds. The molecule has 0 aliphatic carbocycles.